The Morgan fingerprint density at radius 2 is 2.08 bits per heavy atom. The highest BCUT2D eigenvalue weighted by atomic mass is 32.1. The molecular formula is C20H20FNO3S. The van der Waals surface area contributed by atoms with Crippen molar-refractivity contribution in [1.29, 1.82) is 0 Å². The van der Waals surface area contributed by atoms with Crippen molar-refractivity contribution < 1.29 is 18.7 Å². The van der Waals surface area contributed by atoms with E-state index in [4.69, 9.17) is 9.47 Å². The van der Waals surface area contributed by atoms with Gasteiger partial charge in [-0.2, -0.15) is 0 Å². The van der Waals surface area contributed by atoms with E-state index in [1.807, 2.05) is 32.0 Å². The largest absolute Gasteiger partial charge is 0.492 e. The first-order valence-corrected chi connectivity index (χ1v) is 9.10. The van der Waals surface area contributed by atoms with Crippen LogP contribution in [0.15, 0.2) is 36.4 Å². The summed E-state index contributed by atoms with van der Waals surface area (Å²) in [5.41, 5.74) is 2.19. The van der Waals surface area contributed by atoms with E-state index in [1.165, 1.54) is 24.5 Å². The van der Waals surface area contributed by atoms with Gasteiger partial charge in [-0.05, 0) is 43.7 Å². The van der Waals surface area contributed by atoms with E-state index in [0.717, 1.165) is 10.3 Å². The number of methoxy groups -OCH3 is 1. The van der Waals surface area contributed by atoms with E-state index in [-0.39, 0.29) is 18.3 Å². The molecule has 6 heteroatoms. The molecule has 1 amide bonds. The van der Waals surface area contributed by atoms with E-state index in [2.05, 4.69) is 5.32 Å². The van der Waals surface area contributed by atoms with Gasteiger partial charge in [0.15, 0.2) is 0 Å². The van der Waals surface area contributed by atoms with E-state index in [9.17, 15) is 9.18 Å². The SMILES string of the molecule is CCOc1cc(C)ccc1NC(=O)c1sc2cccc(F)c2c1COC. The summed E-state index contributed by atoms with van der Waals surface area (Å²) < 4.78 is 25.8. The predicted molar refractivity (Wildman–Crippen MR) is 103 cm³/mol. The first-order chi connectivity index (χ1) is 12.5. The van der Waals surface area contributed by atoms with Crippen molar-refractivity contribution >= 4 is 33.0 Å². The Labute approximate surface area is 155 Å². The van der Waals surface area contributed by atoms with Crippen LogP contribution in [-0.4, -0.2) is 19.6 Å². The quantitative estimate of drug-likeness (QED) is 0.650. The number of benzene rings is 2. The first-order valence-electron chi connectivity index (χ1n) is 8.28. The van der Waals surface area contributed by atoms with Gasteiger partial charge in [0.2, 0.25) is 0 Å². The highest BCUT2D eigenvalue weighted by molar-refractivity contribution is 7.21. The third-order valence-electron chi connectivity index (χ3n) is 3.94. The molecule has 0 aliphatic heterocycles. The number of thiophene rings is 1. The van der Waals surface area contributed by atoms with Crippen molar-refractivity contribution in [3.63, 3.8) is 0 Å². The van der Waals surface area contributed by atoms with Crippen LogP contribution in [0.25, 0.3) is 10.1 Å². The van der Waals surface area contributed by atoms with Gasteiger partial charge in [0, 0.05) is 22.8 Å². The van der Waals surface area contributed by atoms with Crippen LogP contribution in [0.5, 0.6) is 5.75 Å². The van der Waals surface area contributed by atoms with Gasteiger partial charge in [-0.1, -0.05) is 12.1 Å². The van der Waals surface area contributed by atoms with E-state index < -0.39 is 0 Å². The van der Waals surface area contributed by atoms with Crippen LogP contribution in [0.3, 0.4) is 0 Å². The zero-order chi connectivity index (χ0) is 18.7. The van der Waals surface area contributed by atoms with Gasteiger partial charge in [-0.15, -0.1) is 11.3 Å². The maximum absolute atomic E-state index is 14.3. The summed E-state index contributed by atoms with van der Waals surface area (Å²) in [6.07, 6.45) is 0. The lowest BCUT2D eigenvalue weighted by Crippen LogP contribution is -2.13. The molecule has 1 aromatic heterocycles. The molecule has 0 aliphatic carbocycles. The fraction of sp³-hybridized carbons (Fsp3) is 0.250. The molecule has 4 nitrogen and oxygen atoms in total. The van der Waals surface area contributed by atoms with E-state index >= 15 is 0 Å². The van der Waals surface area contributed by atoms with E-state index in [0.29, 0.717) is 33.9 Å². The number of aryl methyl sites for hydroxylation is 1. The summed E-state index contributed by atoms with van der Waals surface area (Å²) >= 11 is 1.25. The molecule has 26 heavy (non-hydrogen) atoms. The second-order valence-electron chi connectivity index (χ2n) is 5.84. The number of amides is 1. The lowest BCUT2D eigenvalue weighted by Gasteiger charge is -2.12. The highest BCUT2D eigenvalue weighted by Gasteiger charge is 2.21. The Kier molecular flexibility index (Phi) is 5.54. The van der Waals surface area contributed by atoms with Crippen LogP contribution >= 0.6 is 11.3 Å². The standard InChI is InChI=1S/C20H20FNO3S/c1-4-25-16-10-12(2)8-9-15(16)22-20(23)19-13(11-24-3)18-14(21)6-5-7-17(18)26-19/h5-10H,4,11H2,1-3H3,(H,22,23). The molecule has 0 saturated heterocycles. The summed E-state index contributed by atoms with van der Waals surface area (Å²) in [6.45, 7) is 4.50. The third-order valence-corrected chi connectivity index (χ3v) is 5.14. The van der Waals surface area contributed by atoms with Crippen LogP contribution in [0.1, 0.15) is 27.7 Å². The second kappa shape index (κ2) is 7.85. The average molecular weight is 373 g/mol. The molecule has 0 spiro atoms. The number of anilines is 1. The smallest absolute Gasteiger partial charge is 0.266 e. The van der Waals surface area contributed by atoms with Crippen LogP contribution in [0, 0.1) is 12.7 Å². The molecule has 1 N–H and O–H groups in total. The second-order valence-corrected chi connectivity index (χ2v) is 6.89. The number of hydrogen-bond donors (Lipinski definition) is 1. The lowest BCUT2D eigenvalue weighted by atomic mass is 10.1. The lowest BCUT2D eigenvalue weighted by molar-refractivity contribution is 0.102. The van der Waals surface area contributed by atoms with Gasteiger partial charge in [0.25, 0.3) is 5.91 Å². The minimum Gasteiger partial charge on any atom is -0.492 e. The van der Waals surface area contributed by atoms with Crippen LogP contribution in [0.4, 0.5) is 10.1 Å². The number of carbonyl (C=O) groups excluding carboxylic acids is 1. The molecule has 0 aliphatic rings. The minimum atomic E-state index is -0.352. The summed E-state index contributed by atoms with van der Waals surface area (Å²) in [5.74, 6) is -0.0425. The van der Waals surface area contributed by atoms with E-state index in [1.54, 1.807) is 12.1 Å². The molecule has 0 bridgehead atoms. The van der Waals surface area contributed by atoms with Gasteiger partial charge in [0.1, 0.15) is 11.6 Å². The monoisotopic (exact) mass is 373 g/mol. The van der Waals surface area contributed by atoms with Crippen molar-refractivity contribution in [2.45, 2.75) is 20.5 Å². The Bertz CT molecular complexity index is 952. The number of fused-ring (bicyclic) bond motifs is 1. The Balaban J connectivity index is 2.01. The Morgan fingerprint density at radius 3 is 2.81 bits per heavy atom. The number of nitrogens with one attached hydrogen (secondary N) is 1. The minimum absolute atomic E-state index is 0.163. The summed E-state index contributed by atoms with van der Waals surface area (Å²) in [5, 5.41) is 3.33. The van der Waals surface area contributed by atoms with Crippen molar-refractivity contribution in [1.82, 2.24) is 0 Å². The number of ether oxygens (including phenoxy) is 2. The van der Waals surface area contributed by atoms with Crippen LogP contribution in [-0.2, 0) is 11.3 Å². The zero-order valence-corrected chi connectivity index (χ0v) is 15.7. The van der Waals surface area contributed by atoms with Gasteiger partial charge in [-0.25, -0.2) is 4.39 Å². The predicted octanol–water partition coefficient (Wildman–Crippen LogP) is 5.15. The normalized spacial score (nSPS) is 10.9. The average Bonchev–Trinajstić information content (AvgIpc) is 2.98. The summed E-state index contributed by atoms with van der Waals surface area (Å²) in [4.78, 5) is 13.3. The molecule has 2 aromatic carbocycles. The van der Waals surface area contributed by atoms with Crippen LogP contribution in [0.2, 0.25) is 0 Å². The summed E-state index contributed by atoms with van der Waals surface area (Å²) in [6, 6.07) is 10.4. The highest BCUT2D eigenvalue weighted by Crippen LogP contribution is 2.35. The first kappa shape index (κ1) is 18.4. The van der Waals surface area contributed by atoms with Gasteiger partial charge in [0.05, 0.1) is 23.8 Å². The summed E-state index contributed by atoms with van der Waals surface area (Å²) in [7, 11) is 1.53. The molecular weight excluding hydrogens is 353 g/mol. The fourth-order valence-electron chi connectivity index (χ4n) is 2.82. The van der Waals surface area contributed by atoms with Crippen molar-refractivity contribution in [3.8, 4) is 5.75 Å². The molecule has 0 fully saturated rings. The number of rotatable bonds is 6. The zero-order valence-electron chi connectivity index (χ0n) is 14.9. The molecule has 3 aromatic rings. The van der Waals surface area contributed by atoms with Crippen LogP contribution < -0.4 is 10.1 Å². The maximum Gasteiger partial charge on any atom is 0.266 e. The van der Waals surface area contributed by atoms with Crippen molar-refractivity contribution in [2.75, 3.05) is 19.0 Å². The fourth-order valence-corrected chi connectivity index (χ4v) is 3.94. The molecule has 0 atom stereocenters. The molecule has 3 rings (SSSR count). The Hall–Kier alpha value is -2.44. The molecule has 136 valence electrons. The van der Waals surface area contributed by atoms with Crippen molar-refractivity contribution in [3.05, 3.63) is 58.2 Å². The maximum atomic E-state index is 14.3. The van der Waals surface area contributed by atoms with Gasteiger partial charge < -0.3 is 14.8 Å². The molecule has 0 radical (unpaired) electrons. The number of carbonyl (C=O) groups is 1. The molecule has 1 heterocycles. The molecule has 0 saturated carbocycles. The third kappa shape index (κ3) is 3.57. The number of halogens is 1. The Morgan fingerprint density at radius 1 is 1.27 bits per heavy atom. The molecule has 0 unspecified atom stereocenters. The number of hydrogen-bond acceptors (Lipinski definition) is 4. The van der Waals surface area contributed by atoms with Crippen molar-refractivity contribution in [2.24, 2.45) is 0 Å². The topological polar surface area (TPSA) is 47.6 Å². The van der Waals surface area contributed by atoms with Gasteiger partial charge in [-0.3, -0.25) is 4.79 Å². The van der Waals surface area contributed by atoms with Gasteiger partial charge >= 0.3 is 0 Å².